The molecule has 3 aromatic rings. The number of nitrogens with zero attached hydrogens (tertiary/aromatic N) is 1. The number of hydrogen-bond donors (Lipinski definition) is 1. The van der Waals surface area contributed by atoms with Gasteiger partial charge < -0.3 is 5.32 Å². The van der Waals surface area contributed by atoms with E-state index in [4.69, 9.17) is 0 Å². The minimum atomic E-state index is -0.214. The van der Waals surface area contributed by atoms with Gasteiger partial charge in [-0.2, -0.15) is 0 Å². The van der Waals surface area contributed by atoms with Crippen molar-refractivity contribution in [3.63, 3.8) is 0 Å². The first-order valence-corrected chi connectivity index (χ1v) is 6.94. The van der Waals surface area contributed by atoms with E-state index < -0.39 is 0 Å². The zero-order valence-electron chi connectivity index (χ0n) is 10.5. The Hall–Kier alpha value is -2.20. The maximum atomic E-state index is 12.2. The minimum Gasteiger partial charge on any atom is -0.321 e. The fourth-order valence-electron chi connectivity index (χ4n) is 1.95. The molecule has 3 nitrogen and oxygen atoms in total. The summed E-state index contributed by atoms with van der Waals surface area (Å²) in [5.74, 6) is -0.214. The van der Waals surface area contributed by atoms with Crippen molar-refractivity contribution in [3.05, 3.63) is 70.8 Å². The van der Waals surface area contributed by atoms with Crippen molar-refractivity contribution in [2.24, 2.45) is 0 Å². The van der Waals surface area contributed by atoms with E-state index in [0.29, 0.717) is 5.69 Å². The van der Waals surface area contributed by atoms with Crippen molar-refractivity contribution in [2.45, 2.75) is 0 Å². The molecule has 0 aliphatic carbocycles. The van der Waals surface area contributed by atoms with Crippen LogP contribution in [0.4, 0.5) is 5.69 Å². The maximum absolute atomic E-state index is 12.2. The highest BCUT2D eigenvalue weighted by atomic mass is 79.9. The molecule has 1 amide bonds. The van der Waals surface area contributed by atoms with Gasteiger partial charge in [0, 0.05) is 15.5 Å². The predicted octanol–water partition coefficient (Wildman–Crippen LogP) is 4.25. The zero-order valence-corrected chi connectivity index (χ0v) is 12.1. The Morgan fingerprint density at radius 2 is 1.85 bits per heavy atom. The van der Waals surface area contributed by atoms with Crippen LogP contribution in [0.25, 0.3) is 10.9 Å². The van der Waals surface area contributed by atoms with Crippen LogP contribution in [-0.2, 0) is 0 Å². The number of amides is 1. The summed E-state index contributed by atoms with van der Waals surface area (Å²) in [7, 11) is 0. The predicted molar refractivity (Wildman–Crippen MR) is 83.8 cm³/mol. The second kappa shape index (κ2) is 5.43. The van der Waals surface area contributed by atoms with Gasteiger partial charge >= 0.3 is 0 Å². The number of benzene rings is 2. The van der Waals surface area contributed by atoms with Crippen LogP contribution in [0.5, 0.6) is 0 Å². The highest BCUT2D eigenvalue weighted by Crippen LogP contribution is 2.17. The highest BCUT2D eigenvalue weighted by Gasteiger charge is 2.08. The maximum Gasteiger partial charge on any atom is 0.274 e. The average Bonchev–Trinajstić information content (AvgIpc) is 2.47. The lowest BCUT2D eigenvalue weighted by molar-refractivity contribution is 0.102. The Bertz CT molecular complexity index is 786. The van der Waals surface area contributed by atoms with E-state index in [0.717, 1.165) is 21.1 Å². The van der Waals surface area contributed by atoms with Crippen LogP contribution in [0, 0.1) is 0 Å². The molecule has 0 spiro atoms. The number of carbonyl (C=O) groups is 1. The Morgan fingerprint density at radius 3 is 2.70 bits per heavy atom. The van der Waals surface area contributed by atoms with Gasteiger partial charge in [0.05, 0.1) is 5.52 Å². The van der Waals surface area contributed by atoms with Crippen molar-refractivity contribution in [1.82, 2.24) is 4.98 Å². The molecule has 0 aliphatic rings. The number of anilines is 1. The van der Waals surface area contributed by atoms with Crippen LogP contribution in [0.15, 0.2) is 65.1 Å². The molecule has 1 heterocycles. The van der Waals surface area contributed by atoms with Crippen molar-refractivity contribution < 1.29 is 4.79 Å². The summed E-state index contributed by atoms with van der Waals surface area (Å²) in [6.07, 6.45) is 0. The van der Waals surface area contributed by atoms with Gasteiger partial charge in [0.1, 0.15) is 5.69 Å². The third-order valence-corrected chi connectivity index (χ3v) is 3.41. The number of rotatable bonds is 2. The van der Waals surface area contributed by atoms with Gasteiger partial charge in [-0.15, -0.1) is 0 Å². The largest absolute Gasteiger partial charge is 0.321 e. The molecule has 0 radical (unpaired) electrons. The summed E-state index contributed by atoms with van der Waals surface area (Å²) in [5, 5.41) is 3.85. The van der Waals surface area contributed by atoms with E-state index in [-0.39, 0.29) is 5.91 Å². The van der Waals surface area contributed by atoms with E-state index in [1.54, 1.807) is 6.07 Å². The lowest BCUT2D eigenvalue weighted by Gasteiger charge is -2.06. The van der Waals surface area contributed by atoms with Gasteiger partial charge in [0.2, 0.25) is 0 Å². The third-order valence-electron chi connectivity index (χ3n) is 2.91. The molecule has 4 heteroatoms. The fourth-order valence-corrected chi connectivity index (χ4v) is 2.35. The number of carbonyl (C=O) groups excluding carboxylic acids is 1. The Labute approximate surface area is 124 Å². The fraction of sp³-hybridized carbons (Fsp3) is 0. The average molecular weight is 327 g/mol. The van der Waals surface area contributed by atoms with Crippen LogP contribution in [0.3, 0.4) is 0 Å². The summed E-state index contributed by atoms with van der Waals surface area (Å²) in [4.78, 5) is 16.6. The smallest absolute Gasteiger partial charge is 0.274 e. The van der Waals surface area contributed by atoms with E-state index in [2.05, 4.69) is 26.2 Å². The number of pyridine rings is 1. The van der Waals surface area contributed by atoms with Gasteiger partial charge in [0.15, 0.2) is 0 Å². The second-order valence-corrected chi connectivity index (χ2v) is 5.27. The van der Waals surface area contributed by atoms with Gasteiger partial charge in [-0.3, -0.25) is 4.79 Å². The highest BCUT2D eigenvalue weighted by molar-refractivity contribution is 9.10. The lowest BCUT2D eigenvalue weighted by Crippen LogP contribution is -2.13. The number of nitrogens with one attached hydrogen (secondary N) is 1. The monoisotopic (exact) mass is 326 g/mol. The summed E-state index contributed by atoms with van der Waals surface area (Å²) < 4.78 is 0.918. The van der Waals surface area contributed by atoms with Gasteiger partial charge in [-0.05, 0) is 30.3 Å². The molecule has 0 unspecified atom stereocenters. The minimum absolute atomic E-state index is 0.214. The number of fused-ring (bicyclic) bond motifs is 1. The summed E-state index contributed by atoms with van der Waals surface area (Å²) in [5.41, 5.74) is 1.96. The van der Waals surface area contributed by atoms with E-state index in [9.17, 15) is 4.79 Å². The molecule has 0 saturated carbocycles. The van der Waals surface area contributed by atoms with E-state index in [1.807, 2.05) is 54.6 Å². The first-order chi connectivity index (χ1) is 9.72. The van der Waals surface area contributed by atoms with Crippen LogP contribution >= 0.6 is 15.9 Å². The molecule has 0 aliphatic heterocycles. The summed E-state index contributed by atoms with van der Waals surface area (Å²) >= 11 is 3.37. The number of para-hydroxylation sites is 1. The summed E-state index contributed by atoms with van der Waals surface area (Å²) in [6.45, 7) is 0. The molecule has 1 aromatic heterocycles. The normalized spacial score (nSPS) is 10.4. The van der Waals surface area contributed by atoms with Crippen LogP contribution in [-0.4, -0.2) is 10.9 Å². The number of hydrogen-bond acceptors (Lipinski definition) is 2. The molecule has 0 fully saturated rings. The lowest BCUT2D eigenvalue weighted by atomic mass is 10.2. The molecule has 20 heavy (non-hydrogen) atoms. The molecule has 1 N–H and O–H groups in total. The van der Waals surface area contributed by atoms with Gasteiger partial charge in [0.25, 0.3) is 5.91 Å². The van der Waals surface area contributed by atoms with Crippen LogP contribution in [0.1, 0.15) is 10.5 Å². The van der Waals surface area contributed by atoms with E-state index >= 15 is 0 Å². The van der Waals surface area contributed by atoms with Gasteiger partial charge in [-0.25, -0.2) is 4.98 Å². The van der Waals surface area contributed by atoms with E-state index in [1.165, 1.54) is 0 Å². The molecule has 0 bridgehead atoms. The zero-order chi connectivity index (χ0) is 13.9. The molecule has 0 atom stereocenters. The molecule has 3 rings (SSSR count). The van der Waals surface area contributed by atoms with Crippen molar-refractivity contribution in [1.29, 1.82) is 0 Å². The van der Waals surface area contributed by atoms with Gasteiger partial charge in [-0.1, -0.05) is 46.3 Å². The number of aromatic nitrogens is 1. The van der Waals surface area contributed by atoms with Crippen molar-refractivity contribution >= 4 is 38.4 Å². The Kier molecular flexibility index (Phi) is 3.48. The first kappa shape index (κ1) is 12.8. The van der Waals surface area contributed by atoms with Crippen molar-refractivity contribution in [2.75, 3.05) is 5.32 Å². The standard InChI is InChI=1S/C16H11BrN2O/c17-12-5-3-6-13(10-12)18-16(20)15-9-8-11-4-1-2-7-14(11)19-15/h1-10H,(H,18,20). The molecule has 0 saturated heterocycles. The Morgan fingerprint density at radius 1 is 1.00 bits per heavy atom. The van der Waals surface area contributed by atoms with Crippen LogP contribution < -0.4 is 5.32 Å². The quantitative estimate of drug-likeness (QED) is 0.764. The summed E-state index contributed by atoms with van der Waals surface area (Å²) in [6, 6.07) is 18.8. The first-order valence-electron chi connectivity index (χ1n) is 6.15. The SMILES string of the molecule is O=C(Nc1cccc(Br)c1)c1ccc2ccccc2n1. The van der Waals surface area contributed by atoms with Crippen molar-refractivity contribution in [3.8, 4) is 0 Å². The second-order valence-electron chi connectivity index (χ2n) is 4.35. The third kappa shape index (κ3) is 2.70. The molecular formula is C16H11BrN2O. The topological polar surface area (TPSA) is 42.0 Å². The molecule has 98 valence electrons. The Balaban J connectivity index is 1.88. The molecule has 2 aromatic carbocycles. The van der Waals surface area contributed by atoms with Crippen LogP contribution in [0.2, 0.25) is 0 Å². The number of halogens is 1. The molecular weight excluding hydrogens is 316 g/mol.